The van der Waals surface area contributed by atoms with Crippen molar-refractivity contribution in [3.05, 3.63) is 59.0 Å². The Labute approximate surface area is 178 Å². The first-order chi connectivity index (χ1) is 14.4. The number of aryl methyl sites for hydroxylation is 2. The second-order valence-electron chi connectivity index (χ2n) is 5.96. The number of aromatic nitrogens is 1. The number of methoxy groups -OCH3 is 2. The van der Waals surface area contributed by atoms with Gasteiger partial charge in [-0.15, -0.1) is 0 Å². The van der Waals surface area contributed by atoms with Crippen LogP contribution in [0.5, 0.6) is 11.6 Å². The molecule has 1 aromatic heterocycles. The van der Waals surface area contributed by atoms with Crippen LogP contribution in [0.1, 0.15) is 43.2 Å². The second kappa shape index (κ2) is 12.3. The van der Waals surface area contributed by atoms with Crippen molar-refractivity contribution in [3.63, 3.8) is 0 Å². The number of hydrogen-bond donors (Lipinski definition) is 0. The zero-order valence-electron chi connectivity index (χ0n) is 18.9. The third-order valence-corrected chi connectivity index (χ3v) is 4.00. The minimum atomic E-state index is -0.527. The molecule has 30 heavy (non-hydrogen) atoms. The average molecular weight is 415 g/mol. The van der Waals surface area contributed by atoms with Gasteiger partial charge < -0.3 is 19.0 Å². The van der Waals surface area contributed by atoms with E-state index in [0.29, 0.717) is 17.2 Å². The van der Waals surface area contributed by atoms with Crippen LogP contribution in [0.3, 0.4) is 0 Å². The van der Waals surface area contributed by atoms with Crippen LogP contribution >= 0.6 is 0 Å². The normalized spacial score (nSPS) is 11.2. The highest BCUT2D eigenvalue weighted by atomic mass is 16.6. The molecule has 0 aliphatic heterocycles. The van der Waals surface area contributed by atoms with Crippen molar-refractivity contribution >= 4 is 17.3 Å². The lowest BCUT2D eigenvalue weighted by Gasteiger charge is -2.15. The van der Waals surface area contributed by atoms with Gasteiger partial charge in [0.15, 0.2) is 0 Å². The number of pyridine rings is 1. The summed E-state index contributed by atoms with van der Waals surface area (Å²) >= 11 is 0. The number of nitrogens with zero attached hydrogens (tertiary/aromatic N) is 2. The molecule has 0 aliphatic carbocycles. The van der Waals surface area contributed by atoms with Gasteiger partial charge in [0.2, 0.25) is 5.88 Å². The standard InChI is InChI=1S/C21H24N2O5.C2H6/c1-13-11-17(15(3)23-27-6)14(2)22-20(13)28-19-10-8-7-9-16(19)18(12-25-4)21(24)26-5;1-2/h7-12H,1-6H3;1-2H3/b18-12-,23-15-;. The topological polar surface area (TPSA) is 79.2 Å². The van der Waals surface area contributed by atoms with Gasteiger partial charge in [0.1, 0.15) is 18.4 Å². The molecule has 0 unspecified atom stereocenters. The van der Waals surface area contributed by atoms with E-state index in [1.54, 1.807) is 18.2 Å². The van der Waals surface area contributed by atoms with E-state index in [9.17, 15) is 4.79 Å². The van der Waals surface area contributed by atoms with Gasteiger partial charge in [-0.05, 0) is 32.9 Å². The Kier molecular flexibility index (Phi) is 10.1. The fraction of sp³-hybridized carbons (Fsp3) is 0.348. The van der Waals surface area contributed by atoms with E-state index in [0.717, 1.165) is 22.5 Å². The fourth-order valence-corrected chi connectivity index (χ4v) is 2.67. The van der Waals surface area contributed by atoms with E-state index < -0.39 is 5.97 Å². The number of rotatable bonds is 7. The Morgan fingerprint density at radius 1 is 1.07 bits per heavy atom. The van der Waals surface area contributed by atoms with Crippen molar-refractivity contribution in [2.24, 2.45) is 5.16 Å². The molecule has 0 N–H and O–H groups in total. The average Bonchev–Trinajstić information content (AvgIpc) is 2.76. The van der Waals surface area contributed by atoms with Gasteiger partial charge in [-0.2, -0.15) is 0 Å². The number of oxime groups is 1. The molecule has 0 saturated heterocycles. The van der Waals surface area contributed by atoms with Gasteiger partial charge in [-0.1, -0.05) is 37.2 Å². The molecule has 0 bridgehead atoms. The van der Waals surface area contributed by atoms with Crippen LogP contribution in [-0.4, -0.2) is 38.0 Å². The molecule has 0 fully saturated rings. The predicted molar refractivity (Wildman–Crippen MR) is 118 cm³/mol. The van der Waals surface area contributed by atoms with Gasteiger partial charge in [-0.3, -0.25) is 0 Å². The molecular formula is C23H30N2O5. The van der Waals surface area contributed by atoms with Crippen LogP contribution in [0.4, 0.5) is 0 Å². The van der Waals surface area contributed by atoms with Crippen LogP contribution in [0, 0.1) is 13.8 Å². The maximum Gasteiger partial charge on any atom is 0.341 e. The molecule has 162 valence electrons. The van der Waals surface area contributed by atoms with E-state index in [2.05, 4.69) is 10.1 Å². The molecule has 0 radical (unpaired) electrons. The Balaban J connectivity index is 0.00000218. The van der Waals surface area contributed by atoms with Crippen molar-refractivity contribution in [2.75, 3.05) is 21.3 Å². The number of carbonyl (C=O) groups excluding carboxylic acids is 1. The summed E-state index contributed by atoms with van der Waals surface area (Å²) in [5.74, 6) is 0.363. The zero-order valence-corrected chi connectivity index (χ0v) is 18.9. The van der Waals surface area contributed by atoms with E-state index in [1.165, 1.54) is 27.6 Å². The van der Waals surface area contributed by atoms with Crippen molar-refractivity contribution < 1.29 is 23.8 Å². The SMILES string of the molecule is CC.CO/C=C(\C(=O)OC)c1ccccc1Oc1nc(C)c(/C(C)=N\OC)cc1C. The van der Waals surface area contributed by atoms with E-state index in [-0.39, 0.29) is 5.57 Å². The summed E-state index contributed by atoms with van der Waals surface area (Å²) in [5, 5.41) is 3.96. The summed E-state index contributed by atoms with van der Waals surface area (Å²) in [6, 6.07) is 9.05. The van der Waals surface area contributed by atoms with E-state index >= 15 is 0 Å². The van der Waals surface area contributed by atoms with Crippen LogP contribution in [0.15, 0.2) is 41.7 Å². The molecule has 2 rings (SSSR count). The predicted octanol–water partition coefficient (Wildman–Crippen LogP) is 5.05. The molecule has 7 nitrogen and oxygen atoms in total. The van der Waals surface area contributed by atoms with Crippen molar-refractivity contribution in [1.29, 1.82) is 0 Å². The van der Waals surface area contributed by atoms with Gasteiger partial charge in [0.25, 0.3) is 0 Å². The first kappa shape index (κ1) is 24.7. The third kappa shape index (κ3) is 6.07. The summed E-state index contributed by atoms with van der Waals surface area (Å²) in [6.07, 6.45) is 1.33. The Morgan fingerprint density at radius 2 is 1.73 bits per heavy atom. The largest absolute Gasteiger partial charge is 0.503 e. The Morgan fingerprint density at radius 3 is 2.33 bits per heavy atom. The Bertz CT molecular complexity index is 920. The molecule has 1 aromatic carbocycles. The molecular weight excluding hydrogens is 384 g/mol. The molecule has 1 heterocycles. The summed E-state index contributed by atoms with van der Waals surface area (Å²) in [5.41, 5.74) is 3.94. The number of benzene rings is 1. The Hall–Kier alpha value is -3.35. The number of para-hydroxylation sites is 1. The van der Waals surface area contributed by atoms with E-state index in [1.807, 2.05) is 46.8 Å². The van der Waals surface area contributed by atoms with Crippen molar-refractivity contribution in [1.82, 2.24) is 4.98 Å². The fourth-order valence-electron chi connectivity index (χ4n) is 2.67. The quantitative estimate of drug-likeness (QED) is 0.207. The van der Waals surface area contributed by atoms with Crippen LogP contribution in [0.25, 0.3) is 5.57 Å². The van der Waals surface area contributed by atoms with Crippen LogP contribution in [0.2, 0.25) is 0 Å². The lowest BCUT2D eigenvalue weighted by atomic mass is 10.1. The lowest BCUT2D eigenvalue weighted by molar-refractivity contribution is -0.133. The third-order valence-electron chi connectivity index (χ3n) is 4.00. The number of hydrogen-bond acceptors (Lipinski definition) is 7. The molecule has 0 spiro atoms. The first-order valence-corrected chi connectivity index (χ1v) is 9.57. The highest BCUT2D eigenvalue weighted by molar-refractivity contribution is 6.17. The van der Waals surface area contributed by atoms with Gasteiger partial charge in [0.05, 0.1) is 31.9 Å². The summed E-state index contributed by atoms with van der Waals surface area (Å²) in [6.45, 7) is 9.61. The van der Waals surface area contributed by atoms with Gasteiger partial charge >= 0.3 is 5.97 Å². The molecule has 0 atom stereocenters. The van der Waals surface area contributed by atoms with E-state index in [4.69, 9.17) is 19.0 Å². The lowest BCUT2D eigenvalue weighted by Crippen LogP contribution is -2.07. The number of esters is 1. The van der Waals surface area contributed by atoms with Crippen molar-refractivity contribution in [3.8, 4) is 11.6 Å². The molecule has 0 saturated carbocycles. The molecule has 0 aliphatic rings. The molecule has 2 aromatic rings. The second-order valence-corrected chi connectivity index (χ2v) is 5.96. The molecule has 0 amide bonds. The number of ether oxygens (including phenoxy) is 3. The minimum absolute atomic E-state index is 0.245. The maximum absolute atomic E-state index is 12.1. The smallest absolute Gasteiger partial charge is 0.341 e. The first-order valence-electron chi connectivity index (χ1n) is 9.57. The van der Waals surface area contributed by atoms with Crippen LogP contribution in [-0.2, 0) is 19.1 Å². The monoisotopic (exact) mass is 414 g/mol. The number of carbonyl (C=O) groups is 1. The van der Waals surface area contributed by atoms with Crippen molar-refractivity contribution in [2.45, 2.75) is 34.6 Å². The summed E-state index contributed by atoms with van der Waals surface area (Å²) < 4.78 is 15.9. The minimum Gasteiger partial charge on any atom is -0.503 e. The zero-order chi connectivity index (χ0) is 22.7. The van der Waals surface area contributed by atoms with Gasteiger partial charge in [0, 0.05) is 16.7 Å². The highest BCUT2D eigenvalue weighted by Crippen LogP contribution is 2.32. The maximum atomic E-state index is 12.1. The molecule has 7 heteroatoms. The van der Waals surface area contributed by atoms with Crippen LogP contribution < -0.4 is 4.74 Å². The summed E-state index contributed by atoms with van der Waals surface area (Å²) in [7, 11) is 4.27. The highest BCUT2D eigenvalue weighted by Gasteiger charge is 2.19. The van der Waals surface area contributed by atoms with Gasteiger partial charge in [-0.25, -0.2) is 9.78 Å². The summed E-state index contributed by atoms with van der Waals surface area (Å²) in [4.78, 5) is 21.5.